The molecule has 2 N–H and O–H groups in total. The van der Waals surface area contributed by atoms with Crippen LogP contribution in [0.2, 0.25) is 0 Å². The molecule has 20 heavy (non-hydrogen) atoms. The van der Waals surface area contributed by atoms with Gasteiger partial charge in [0.15, 0.2) is 0 Å². The van der Waals surface area contributed by atoms with Crippen LogP contribution >= 0.6 is 0 Å². The van der Waals surface area contributed by atoms with E-state index >= 15 is 0 Å². The Labute approximate surface area is 118 Å². The van der Waals surface area contributed by atoms with Gasteiger partial charge in [-0.25, -0.2) is 4.79 Å². The van der Waals surface area contributed by atoms with Crippen LogP contribution in [0.15, 0.2) is 0 Å². The lowest BCUT2D eigenvalue weighted by Crippen LogP contribution is -2.44. The summed E-state index contributed by atoms with van der Waals surface area (Å²) in [6.45, 7) is 3.66. The number of amides is 3. The Morgan fingerprint density at radius 1 is 1.40 bits per heavy atom. The Hall–Kier alpha value is -1.79. The van der Waals surface area contributed by atoms with Gasteiger partial charge in [0.05, 0.1) is 6.54 Å². The number of nitrogens with one attached hydrogen (secondary N) is 1. The van der Waals surface area contributed by atoms with Crippen molar-refractivity contribution in [3.8, 4) is 0 Å². The molecule has 7 heteroatoms. The molecular formula is C13H23N3O4. The first-order valence-electron chi connectivity index (χ1n) is 6.92. The largest absolute Gasteiger partial charge is 0.481 e. The first-order chi connectivity index (χ1) is 9.43. The number of aliphatic carboxylic acids is 1. The average molecular weight is 285 g/mol. The standard InChI is InChI=1S/C13H23N3O4/c1-3-15(2)11(17)8-14-13(20)16-7-6-10(9-16)4-5-12(18)19/h10H,3-9H2,1-2H3,(H,14,20)(H,18,19). The number of carbonyl (C=O) groups excluding carboxylic acids is 2. The maximum atomic E-state index is 11.9. The lowest BCUT2D eigenvalue weighted by Gasteiger charge is -2.19. The number of hydrogen-bond donors (Lipinski definition) is 2. The molecule has 0 saturated carbocycles. The van der Waals surface area contributed by atoms with E-state index in [0.717, 1.165) is 6.42 Å². The third-order valence-electron chi connectivity index (χ3n) is 3.63. The fourth-order valence-electron chi connectivity index (χ4n) is 2.15. The van der Waals surface area contributed by atoms with Gasteiger partial charge >= 0.3 is 12.0 Å². The van der Waals surface area contributed by atoms with Gasteiger partial charge in [-0.3, -0.25) is 9.59 Å². The van der Waals surface area contributed by atoms with E-state index in [-0.39, 0.29) is 30.8 Å². The average Bonchev–Trinajstić information content (AvgIpc) is 2.90. The number of rotatable bonds is 6. The Kier molecular flexibility index (Phi) is 6.27. The molecule has 0 aromatic rings. The number of carboxylic acid groups (broad SMARTS) is 1. The number of nitrogens with zero attached hydrogens (tertiary/aromatic N) is 2. The molecular weight excluding hydrogens is 262 g/mol. The minimum absolute atomic E-state index is 0.000530. The third kappa shape index (κ3) is 5.07. The molecule has 0 aromatic carbocycles. The Bertz CT molecular complexity index is 373. The number of carbonyl (C=O) groups is 3. The smallest absolute Gasteiger partial charge is 0.317 e. The first-order valence-corrected chi connectivity index (χ1v) is 6.92. The van der Waals surface area contributed by atoms with Crippen molar-refractivity contribution in [3.05, 3.63) is 0 Å². The van der Waals surface area contributed by atoms with Gasteiger partial charge < -0.3 is 20.2 Å². The van der Waals surface area contributed by atoms with Crippen molar-refractivity contribution in [3.63, 3.8) is 0 Å². The zero-order valence-corrected chi connectivity index (χ0v) is 12.1. The third-order valence-corrected chi connectivity index (χ3v) is 3.63. The molecule has 114 valence electrons. The summed E-state index contributed by atoms with van der Waals surface area (Å²) in [7, 11) is 1.69. The van der Waals surface area contributed by atoms with E-state index in [0.29, 0.717) is 26.1 Å². The second-order valence-corrected chi connectivity index (χ2v) is 5.10. The van der Waals surface area contributed by atoms with Gasteiger partial charge in [-0.1, -0.05) is 0 Å². The molecule has 0 spiro atoms. The minimum Gasteiger partial charge on any atom is -0.481 e. The van der Waals surface area contributed by atoms with Gasteiger partial charge in [0.2, 0.25) is 5.91 Å². The number of hydrogen-bond acceptors (Lipinski definition) is 3. The Morgan fingerprint density at radius 2 is 2.10 bits per heavy atom. The molecule has 1 fully saturated rings. The van der Waals surface area contributed by atoms with Crippen LogP contribution in [0.3, 0.4) is 0 Å². The molecule has 0 bridgehead atoms. The lowest BCUT2D eigenvalue weighted by atomic mass is 10.0. The fourth-order valence-corrected chi connectivity index (χ4v) is 2.15. The zero-order chi connectivity index (χ0) is 15.1. The van der Waals surface area contributed by atoms with Crippen LogP contribution in [0.25, 0.3) is 0 Å². The van der Waals surface area contributed by atoms with E-state index in [9.17, 15) is 14.4 Å². The monoisotopic (exact) mass is 285 g/mol. The van der Waals surface area contributed by atoms with Gasteiger partial charge in [0.1, 0.15) is 0 Å². The maximum Gasteiger partial charge on any atom is 0.317 e. The normalized spacial score (nSPS) is 17.9. The minimum atomic E-state index is -0.805. The van der Waals surface area contributed by atoms with Crippen molar-refractivity contribution >= 4 is 17.9 Å². The summed E-state index contributed by atoms with van der Waals surface area (Å²) in [6, 6.07) is -0.249. The van der Waals surface area contributed by atoms with Crippen molar-refractivity contribution in [1.29, 1.82) is 0 Å². The molecule has 1 rings (SSSR count). The second kappa shape index (κ2) is 7.72. The molecule has 1 saturated heterocycles. The number of urea groups is 1. The van der Waals surface area contributed by atoms with Crippen LogP contribution in [0.4, 0.5) is 4.79 Å². The van der Waals surface area contributed by atoms with E-state index in [1.807, 2.05) is 6.92 Å². The molecule has 1 aliphatic rings. The maximum absolute atomic E-state index is 11.9. The van der Waals surface area contributed by atoms with Crippen LogP contribution in [-0.4, -0.2) is 66.0 Å². The highest BCUT2D eigenvalue weighted by atomic mass is 16.4. The highest BCUT2D eigenvalue weighted by Crippen LogP contribution is 2.20. The molecule has 1 atom stereocenters. The molecule has 1 unspecified atom stereocenters. The highest BCUT2D eigenvalue weighted by molar-refractivity contribution is 5.83. The summed E-state index contributed by atoms with van der Waals surface area (Å²) >= 11 is 0. The van der Waals surface area contributed by atoms with Crippen molar-refractivity contribution in [2.24, 2.45) is 5.92 Å². The Morgan fingerprint density at radius 3 is 2.70 bits per heavy atom. The first kappa shape index (κ1) is 16.3. The summed E-state index contributed by atoms with van der Waals surface area (Å²) < 4.78 is 0. The van der Waals surface area contributed by atoms with E-state index in [4.69, 9.17) is 5.11 Å². The summed E-state index contributed by atoms with van der Waals surface area (Å²) in [5.74, 6) is -0.686. The van der Waals surface area contributed by atoms with Crippen LogP contribution < -0.4 is 5.32 Å². The molecule has 3 amide bonds. The van der Waals surface area contributed by atoms with E-state index in [1.165, 1.54) is 0 Å². The summed E-state index contributed by atoms with van der Waals surface area (Å²) in [6.07, 6.45) is 1.56. The van der Waals surface area contributed by atoms with Crippen molar-refractivity contribution < 1.29 is 19.5 Å². The fraction of sp³-hybridized carbons (Fsp3) is 0.769. The van der Waals surface area contributed by atoms with Crippen molar-refractivity contribution in [2.45, 2.75) is 26.2 Å². The summed E-state index contributed by atoms with van der Waals surface area (Å²) in [5, 5.41) is 11.2. The number of likely N-dealkylation sites (N-methyl/N-ethyl adjacent to an activating group) is 1. The predicted molar refractivity (Wildman–Crippen MR) is 73.3 cm³/mol. The van der Waals surface area contributed by atoms with E-state index < -0.39 is 5.97 Å². The topological polar surface area (TPSA) is 90.0 Å². The van der Waals surface area contributed by atoms with Gasteiger partial charge in [0, 0.05) is 33.1 Å². The molecule has 1 heterocycles. The van der Waals surface area contributed by atoms with Gasteiger partial charge in [-0.2, -0.15) is 0 Å². The van der Waals surface area contributed by atoms with Crippen LogP contribution in [0, 0.1) is 5.92 Å². The number of carboxylic acids is 1. The van der Waals surface area contributed by atoms with Crippen LogP contribution in [-0.2, 0) is 9.59 Å². The van der Waals surface area contributed by atoms with Gasteiger partial charge in [-0.05, 0) is 25.7 Å². The summed E-state index contributed by atoms with van der Waals surface area (Å²) in [4.78, 5) is 37.1. The zero-order valence-electron chi connectivity index (χ0n) is 12.1. The quantitative estimate of drug-likeness (QED) is 0.737. The number of likely N-dealkylation sites (tertiary alicyclic amines) is 1. The highest BCUT2D eigenvalue weighted by Gasteiger charge is 2.26. The van der Waals surface area contributed by atoms with Crippen LogP contribution in [0.5, 0.6) is 0 Å². The van der Waals surface area contributed by atoms with E-state index in [2.05, 4.69) is 5.32 Å². The Balaban J connectivity index is 2.28. The molecule has 0 radical (unpaired) electrons. The van der Waals surface area contributed by atoms with Crippen LogP contribution in [0.1, 0.15) is 26.2 Å². The van der Waals surface area contributed by atoms with E-state index in [1.54, 1.807) is 16.8 Å². The SMILES string of the molecule is CCN(C)C(=O)CNC(=O)N1CCC(CCC(=O)O)C1. The van der Waals surface area contributed by atoms with Crippen molar-refractivity contribution in [2.75, 3.05) is 33.2 Å². The molecule has 7 nitrogen and oxygen atoms in total. The van der Waals surface area contributed by atoms with Crippen molar-refractivity contribution in [1.82, 2.24) is 15.1 Å². The molecule has 0 aromatic heterocycles. The molecule has 1 aliphatic heterocycles. The van der Waals surface area contributed by atoms with Gasteiger partial charge in [0.25, 0.3) is 0 Å². The predicted octanol–water partition coefficient (Wildman–Crippen LogP) is 0.361. The molecule has 0 aliphatic carbocycles. The van der Waals surface area contributed by atoms with Gasteiger partial charge in [-0.15, -0.1) is 0 Å². The summed E-state index contributed by atoms with van der Waals surface area (Å²) in [5.41, 5.74) is 0. The lowest BCUT2D eigenvalue weighted by molar-refractivity contribution is -0.137. The second-order valence-electron chi connectivity index (χ2n) is 5.10.